The molecule has 1 saturated carbocycles. The molecule has 0 saturated heterocycles. The van der Waals surface area contributed by atoms with E-state index in [1.807, 2.05) is 42.5 Å². The Morgan fingerprint density at radius 3 is 2.29 bits per heavy atom. The number of ether oxygens (including phenoxy) is 3. The molecule has 6 atom stereocenters. The van der Waals surface area contributed by atoms with E-state index in [-0.39, 0.29) is 54.3 Å². The highest BCUT2D eigenvalue weighted by atomic mass is 17.1. The van der Waals surface area contributed by atoms with Gasteiger partial charge in [0.05, 0.1) is 37.4 Å². The van der Waals surface area contributed by atoms with Gasteiger partial charge in [0.25, 0.3) is 0 Å². The van der Waals surface area contributed by atoms with E-state index in [9.17, 15) is 29.7 Å². The fourth-order valence-corrected chi connectivity index (χ4v) is 6.84. The van der Waals surface area contributed by atoms with E-state index < -0.39 is 36.3 Å². The minimum absolute atomic E-state index is 0.0177. The molecule has 0 spiro atoms. The molecule has 1 aliphatic carbocycles. The highest BCUT2D eigenvalue weighted by Gasteiger charge is 2.40. The molecule has 1 unspecified atom stereocenters. The van der Waals surface area contributed by atoms with Gasteiger partial charge in [0.1, 0.15) is 12.6 Å². The summed E-state index contributed by atoms with van der Waals surface area (Å²) in [4.78, 5) is 42.2. The first-order chi connectivity index (χ1) is 27.9. The molecule has 58 heavy (non-hydrogen) atoms. The number of nitrogens with zero attached hydrogens (tertiary/aromatic N) is 1. The Bertz CT molecular complexity index is 1780. The van der Waals surface area contributed by atoms with Gasteiger partial charge >= 0.3 is 11.9 Å². The van der Waals surface area contributed by atoms with Gasteiger partial charge in [-0.15, -0.1) is 0 Å². The van der Waals surface area contributed by atoms with Crippen LogP contribution in [0.2, 0.25) is 0 Å². The first kappa shape index (κ1) is 45.8. The van der Waals surface area contributed by atoms with Crippen molar-refractivity contribution in [3.8, 4) is 11.5 Å². The highest BCUT2D eigenvalue weighted by molar-refractivity contribution is 5.87. The number of aliphatic hydroxyl groups is 3. The Morgan fingerprint density at radius 1 is 0.879 bits per heavy atom. The van der Waals surface area contributed by atoms with Crippen molar-refractivity contribution in [2.75, 3.05) is 7.11 Å². The molecule has 0 bridgehead atoms. The lowest BCUT2D eigenvalue weighted by molar-refractivity contribution is -0.497. The number of rotatable bonds is 23. The molecular weight excluding hydrogens is 748 g/mol. The van der Waals surface area contributed by atoms with Crippen LogP contribution < -0.4 is 14.8 Å². The van der Waals surface area contributed by atoms with Crippen LogP contribution in [0.25, 0.3) is 6.08 Å². The first-order valence-corrected chi connectivity index (χ1v) is 19.6. The van der Waals surface area contributed by atoms with E-state index in [4.69, 9.17) is 24.6 Å². The van der Waals surface area contributed by atoms with Gasteiger partial charge in [-0.1, -0.05) is 72.8 Å². The number of amides is 1. The molecule has 4 rings (SSSR count). The lowest BCUT2D eigenvalue weighted by atomic mass is 9.85. The maximum atomic E-state index is 12.8. The monoisotopic (exact) mass is 804 g/mol. The second-order valence-corrected chi connectivity index (χ2v) is 14.5. The average Bonchev–Trinajstić information content (AvgIpc) is 3.49. The molecule has 314 valence electrons. The van der Waals surface area contributed by atoms with Gasteiger partial charge < -0.3 is 34.8 Å². The number of carbonyl (C=O) groups excluding carboxylic acids is 3. The van der Waals surface area contributed by atoms with Crippen LogP contribution in [0, 0.1) is 11.8 Å². The topological polar surface area (TPSA) is 205 Å². The summed E-state index contributed by atoms with van der Waals surface area (Å²) in [6, 6.07) is 20.6. The molecule has 0 aliphatic heterocycles. The zero-order valence-electron chi connectivity index (χ0n) is 33.0. The molecule has 1 amide bonds. The minimum atomic E-state index is -0.929. The van der Waals surface area contributed by atoms with E-state index in [0.29, 0.717) is 61.6 Å². The number of hydrogen-bond acceptors (Lipinski definition) is 13. The molecule has 14 nitrogen and oxygen atoms in total. The van der Waals surface area contributed by atoms with E-state index in [0.717, 1.165) is 6.42 Å². The van der Waals surface area contributed by atoms with Crippen molar-refractivity contribution in [1.82, 2.24) is 10.7 Å². The number of benzene rings is 3. The number of carbonyl (C=O) groups is 3. The predicted octanol–water partition coefficient (Wildman–Crippen LogP) is 5.62. The summed E-state index contributed by atoms with van der Waals surface area (Å²) in [7, 11) is 1.41. The lowest BCUT2D eigenvalue weighted by Crippen LogP contribution is -2.40. The van der Waals surface area contributed by atoms with Gasteiger partial charge in [-0.3, -0.25) is 15.2 Å². The normalized spacial score (nSPS) is 19.0. The van der Waals surface area contributed by atoms with Crippen molar-refractivity contribution >= 4 is 23.9 Å². The summed E-state index contributed by atoms with van der Waals surface area (Å²) >= 11 is 0. The third-order valence-electron chi connectivity index (χ3n) is 10.1. The predicted molar refractivity (Wildman–Crippen MR) is 213 cm³/mol. The maximum absolute atomic E-state index is 12.8. The quantitative estimate of drug-likeness (QED) is 0.0172. The smallest absolute Gasteiger partial charge is 0.333 e. The standard InChI is InChI=1S/C44H56N2O12/c1-30(44(52)58-40-24-19-32(26-41(40)55-2)20-25-43(51)56-28-33-14-16-34(17-15-33)29-57-46(53)54)45-42(50)13-9-4-3-8-12-36-37(39(49)27-38(36)48)23-22-35(47)21-18-31-10-6-5-7-11-31/h3,5-8,10-11,14-17,19-20,24-26,30,35-39,47-49,53-54H,4,9,12-13,18,21-23,27-29H2,1-2H3,(H,45,50)/b8-3-,25-20+/t30?,35-,36+,37+,38-,39+/m0/s1. The number of allylic oxidation sites excluding steroid dienone is 2. The average molecular weight is 805 g/mol. The molecule has 3 aromatic carbocycles. The fraction of sp³-hybridized carbons (Fsp3) is 0.432. The van der Waals surface area contributed by atoms with Gasteiger partial charge in [-0.05, 0) is 111 Å². The van der Waals surface area contributed by atoms with Crippen LogP contribution in [0.5, 0.6) is 11.5 Å². The largest absolute Gasteiger partial charge is 0.493 e. The maximum Gasteiger partial charge on any atom is 0.333 e. The van der Waals surface area contributed by atoms with E-state index >= 15 is 0 Å². The number of hydrogen-bond donors (Lipinski definition) is 6. The zero-order chi connectivity index (χ0) is 41.9. The molecule has 0 heterocycles. The zero-order valence-corrected chi connectivity index (χ0v) is 33.0. The minimum Gasteiger partial charge on any atom is -0.493 e. The van der Waals surface area contributed by atoms with Crippen LogP contribution >= 0.6 is 0 Å². The number of aliphatic hydroxyl groups excluding tert-OH is 3. The van der Waals surface area contributed by atoms with Gasteiger partial charge in [0, 0.05) is 12.5 Å². The van der Waals surface area contributed by atoms with Crippen LogP contribution in [0.1, 0.15) is 80.5 Å². The van der Waals surface area contributed by atoms with Gasteiger partial charge in [-0.2, -0.15) is 0 Å². The van der Waals surface area contributed by atoms with Crippen LogP contribution in [0.15, 0.2) is 91.0 Å². The number of nitrogens with one attached hydrogen (secondary N) is 1. The number of aryl methyl sites for hydroxylation is 1. The van der Waals surface area contributed by atoms with Crippen molar-refractivity contribution in [1.29, 1.82) is 0 Å². The summed E-state index contributed by atoms with van der Waals surface area (Å²) < 4.78 is 16.2. The Kier molecular flexibility index (Phi) is 19.0. The highest BCUT2D eigenvalue weighted by Crippen LogP contribution is 2.38. The van der Waals surface area contributed by atoms with E-state index in [1.165, 1.54) is 37.8 Å². The van der Waals surface area contributed by atoms with Crippen molar-refractivity contribution in [2.24, 2.45) is 11.8 Å². The van der Waals surface area contributed by atoms with Gasteiger partial charge in [-0.25, -0.2) is 14.4 Å². The SMILES string of the molecule is COc1cc(/C=C/C(=O)OCc2ccc(CON(O)O)cc2)ccc1OC(=O)C(C)NC(=O)CCC/C=C\C[C@@H]1[C@@H](CC[C@@H](O)CCc2ccccc2)[C@H](O)C[C@@H]1O. The molecule has 0 radical (unpaired) electrons. The molecule has 3 aromatic rings. The second-order valence-electron chi connectivity index (χ2n) is 14.5. The molecule has 14 heteroatoms. The Hall–Kier alpha value is -4.93. The summed E-state index contributed by atoms with van der Waals surface area (Å²) in [5, 5.41) is 51.3. The summed E-state index contributed by atoms with van der Waals surface area (Å²) in [5.74, 6) is -1.39. The lowest BCUT2D eigenvalue weighted by Gasteiger charge is -2.23. The molecular formula is C44H56N2O12. The number of methoxy groups -OCH3 is 1. The molecule has 1 fully saturated rings. The van der Waals surface area contributed by atoms with E-state index in [1.54, 1.807) is 36.4 Å². The summed E-state index contributed by atoms with van der Waals surface area (Å²) in [6.07, 6.45) is 9.97. The fourth-order valence-electron chi connectivity index (χ4n) is 6.84. The molecule has 1 aliphatic rings. The van der Waals surface area contributed by atoms with Crippen molar-refractivity contribution in [3.63, 3.8) is 0 Å². The molecule has 0 aromatic heterocycles. The third kappa shape index (κ3) is 15.8. The number of esters is 2. The third-order valence-corrected chi connectivity index (χ3v) is 10.1. The second kappa shape index (κ2) is 24.1. The van der Waals surface area contributed by atoms with Crippen LogP contribution in [-0.2, 0) is 43.6 Å². The van der Waals surface area contributed by atoms with Crippen LogP contribution in [-0.4, -0.2) is 80.4 Å². The van der Waals surface area contributed by atoms with Crippen molar-refractivity contribution in [2.45, 2.75) is 102 Å². The first-order valence-electron chi connectivity index (χ1n) is 19.6. The van der Waals surface area contributed by atoms with Gasteiger partial charge in [0.15, 0.2) is 11.5 Å². The summed E-state index contributed by atoms with van der Waals surface area (Å²) in [5.41, 5.74) is 3.15. The van der Waals surface area contributed by atoms with Crippen LogP contribution in [0.3, 0.4) is 0 Å². The number of unbranched alkanes of at least 4 members (excludes halogenated alkanes) is 1. The van der Waals surface area contributed by atoms with Gasteiger partial charge in [0.2, 0.25) is 5.91 Å². The Labute approximate surface area is 339 Å². The Morgan fingerprint density at radius 2 is 1.59 bits per heavy atom. The van der Waals surface area contributed by atoms with Crippen molar-refractivity contribution < 1.29 is 59.2 Å². The van der Waals surface area contributed by atoms with Crippen molar-refractivity contribution in [3.05, 3.63) is 113 Å². The summed E-state index contributed by atoms with van der Waals surface area (Å²) in [6.45, 7) is 1.49. The molecule has 6 N–H and O–H groups in total. The van der Waals surface area contributed by atoms with Crippen LogP contribution in [0.4, 0.5) is 0 Å². The van der Waals surface area contributed by atoms with E-state index in [2.05, 4.69) is 10.2 Å². The Balaban J connectivity index is 1.13.